The Morgan fingerprint density at radius 2 is 1.62 bits per heavy atom. The second-order valence-corrected chi connectivity index (χ2v) is 12.1. The van der Waals surface area contributed by atoms with Crippen molar-refractivity contribution in [3.63, 3.8) is 0 Å². The van der Waals surface area contributed by atoms with Crippen LogP contribution in [0.1, 0.15) is 49.9 Å². The van der Waals surface area contributed by atoms with Gasteiger partial charge in [0.1, 0.15) is 19.0 Å². The number of rotatable bonds is 9. The van der Waals surface area contributed by atoms with Gasteiger partial charge in [-0.15, -0.1) is 0 Å². The molecule has 1 aliphatic heterocycles. The molecule has 0 saturated carbocycles. The molecule has 7 heteroatoms. The highest BCUT2D eigenvalue weighted by Gasteiger charge is 2.34. The second kappa shape index (κ2) is 12.3. The molecule has 39 heavy (non-hydrogen) atoms. The number of hydrogen-bond acceptors (Lipinski definition) is 6. The van der Waals surface area contributed by atoms with Gasteiger partial charge in [0, 0.05) is 0 Å². The number of ether oxygens (including phenoxy) is 3. The summed E-state index contributed by atoms with van der Waals surface area (Å²) in [5, 5.41) is 0. The number of aryl methyl sites for hydroxylation is 2. The van der Waals surface area contributed by atoms with E-state index in [0.717, 1.165) is 28.1 Å². The molecule has 0 aliphatic carbocycles. The van der Waals surface area contributed by atoms with E-state index in [1.54, 1.807) is 4.90 Å². The Labute approximate surface area is 241 Å². The van der Waals surface area contributed by atoms with Gasteiger partial charge >= 0.3 is 0 Å². The molecule has 0 N–H and O–H groups in total. The highest BCUT2D eigenvalue weighted by Crippen LogP contribution is 2.38. The minimum atomic E-state index is -0.122. The molecule has 0 aromatic heterocycles. The minimum Gasteiger partial charge on any atom is -0.490 e. The molecule has 0 unspecified atom stereocenters. The number of nitrogens with zero attached hydrogens (tertiary/aromatic N) is 1. The fourth-order valence-corrected chi connectivity index (χ4v) is 5.53. The van der Waals surface area contributed by atoms with E-state index in [1.807, 2.05) is 69.3 Å². The monoisotopic (exact) mass is 561 g/mol. The van der Waals surface area contributed by atoms with Crippen molar-refractivity contribution in [1.82, 2.24) is 0 Å². The van der Waals surface area contributed by atoms with Crippen LogP contribution in [0.5, 0.6) is 17.2 Å². The number of benzene rings is 3. The lowest BCUT2D eigenvalue weighted by Gasteiger charge is -2.19. The number of thiocarbonyl (C=S) groups is 1. The Morgan fingerprint density at radius 1 is 0.897 bits per heavy atom. The van der Waals surface area contributed by atoms with E-state index >= 15 is 0 Å². The molecule has 1 heterocycles. The van der Waals surface area contributed by atoms with E-state index in [0.29, 0.717) is 40.5 Å². The first-order chi connectivity index (χ1) is 18.6. The van der Waals surface area contributed by atoms with E-state index in [1.165, 1.54) is 17.3 Å². The van der Waals surface area contributed by atoms with Crippen molar-refractivity contribution >= 4 is 46.0 Å². The number of amides is 1. The highest BCUT2D eigenvalue weighted by molar-refractivity contribution is 8.27. The molecule has 1 aliphatic rings. The van der Waals surface area contributed by atoms with Crippen molar-refractivity contribution in [2.45, 2.75) is 47.0 Å². The molecule has 1 saturated heterocycles. The van der Waals surface area contributed by atoms with E-state index < -0.39 is 0 Å². The first kappa shape index (κ1) is 28.7. The smallest absolute Gasteiger partial charge is 0.270 e. The van der Waals surface area contributed by atoms with Gasteiger partial charge in [-0.05, 0) is 79.3 Å². The van der Waals surface area contributed by atoms with Crippen LogP contribution in [-0.4, -0.2) is 30.0 Å². The number of hydrogen-bond donors (Lipinski definition) is 0. The molecule has 5 nitrogen and oxygen atoms in total. The second-order valence-electron chi connectivity index (χ2n) is 10.4. The van der Waals surface area contributed by atoms with Crippen LogP contribution in [0.25, 0.3) is 6.08 Å². The zero-order valence-electron chi connectivity index (χ0n) is 23.4. The third-order valence-electron chi connectivity index (χ3n) is 6.28. The minimum absolute atomic E-state index is 0.106. The highest BCUT2D eigenvalue weighted by atomic mass is 32.2. The quantitative estimate of drug-likeness (QED) is 0.151. The van der Waals surface area contributed by atoms with Gasteiger partial charge in [-0.25, -0.2) is 0 Å². The number of anilines is 1. The first-order valence-electron chi connectivity index (χ1n) is 13.0. The standard InChI is InChI=1S/C32H35NO4S2/c1-7-35-28-19-23(20-29-30(34)33(31(38)39-29)26-14-8-21(2)18-22(26)3)9-15-27(28)37-17-16-36-25-12-10-24(11-13-25)32(4,5)6/h8-15,18-20H,7,16-17H2,1-6H3/b29-20+. The summed E-state index contributed by atoms with van der Waals surface area (Å²) in [5.41, 5.74) is 5.18. The molecule has 1 amide bonds. The largest absolute Gasteiger partial charge is 0.490 e. The summed E-state index contributed by atoms with van der Waals surface area (Å²) in [6, 6.07) is 19.8. The maximum atomic E-state index is 13.3. The van der Waals surface area contributed by atoms with Gasteiger partial charge < -0.3 is 14.2 Å². The summed E-state index contributed by atoms with van der Waals surface area (Å²) >= 11 is 6.87. The molecule has 0 radical (unpaired) electrons. The molecule has 3 aromatic carbocycles. The first-order valence-corrected chi connectivity index (χ1v) is 14.3. The predicted octanol–water partition coefficient (Wildman–Crippen LogP) is 7.86. The fourth-order valence-electron chi connectivity index (χ4n) is 4.25. The Hall–Kier alpha value is -3.29. The van der Waals surface area contributed by atoms with Crippen molar-refractivity contribution in [3.05, 3.63) is 87.8 Å². The van der Waals surface area contributed by atoms with Gasteiger partial charge in [0.15, 0.2) is 15.8 Å². The Kier molecular flexibility index (Phi) is 9.03. The van der Waals surface area contributed by atoms with Gasteiger partial charge in [0.2, 0.25) is 0 Å². The van der Waals surface area contributed by atoms with E-state index in [-0.39, 0.29) is 11.3 Å². The number of carbonyl (C=O) groups is 1. The van der Waals surface area contributed by atoms with Gasteiger partial charge in [0.25, 0.3) is 5.91 Å². The maximum absolute atomic E-state index is 13.3. The number of carbonyl (C=O) groups excluding carboxylic acids is 1. The third kappa shape index (κ3) is 7.02. The molecule has 1 fully saturated rings. The Balaban J connectivity index is 1.42. The van der Waals surface area contributed by atoms with E-state index in [4.69, 9.17) is 26.4 Å². The summed E-state index contributed by atoms with van der Waals surface area (Å²) in [6.07, 6.45) is 1.85. The Morgan fingerprint density at radius 3 is 2.28 bits per heavy atom. The molecule has 0 atom stereocenters. The maximum Gasteiger partial charge on any atom is 0.270 e. The van der Waals surface area contributed by atoms with Crippen molar-refractivity contribution in [3.8, 4) is 17.2 Å². The molecule has 204 valence electrons. The van der Waals surface area contributed by atoms with Crippen LogP contribution in [0.15, 0.2) is 65.6 Å². The van der Waals surface area contributed by atoms with Crippen LogP contribution < -0.4 is 19.1 Å². The van der Waals surface area contributed by atoms with Crippen molar-refractivity contribution < 1.29 is 19.0 Å². The lowest BCUT2D eigenvalue weighted by molar-refractivity contribution is -0.113. The van der Waals surface area contributed by atoms with Crippen LogP contribution in [0, 0.1) is 13.8 Å². The zero-order chi connectivity index (χ0) is 28.2. The van der Waals surface area contributed by atoms with E-state index in [2.05, 4.69) is 39.0 Å². The summed E-state index contributed by atoms with van der Waals surface area (Å²) in [4.78, 5) is 15.5. The summed E-state index contributed by atoms with van der Waals surface area (Å²) < 4.78 is 18.2. The average Bonchev–Trinajstić information content (AvgIpc) is 3.15. The molecular weight excluding hydrogens is 526 g/mol. The van der Waals surface area contributed by atoms with Gasteiger partial charge in [-0.2, -0.15) is 0 Å². The van der Waals surface area contributed by atoms with Crippen LogP contribution in [0.3, 0.4) is 0 Å². The average molecular weight is 562 g/mol. The Bertz CT molecular complexity index is 1390. The molecule has 3 aromatic rings. The van der Waals surface area contributed by atoms with Gasteiger partial charge in [-0.1, -0.05) is 80.6 Å². The molecule has 4 rings (SSSR count). The molecule has 0 bridgehead atoms. The van der Waals surface area contributed by atoms with Gasteiger partial charge in [-0.3, -0.25) is 9.69 Å². The predicted molar refractivity (Wildman–Crippen MR) is 165 cm³/mol. The lowest BCUT2D eigenvalue weighted by Crippen LogP contribution is -2.28. The van der Waals surface area contributed by atoms with Crippen LogP contribution >= 0.6 is 24.0 Å². The van der Waals surface area contributed by atoms with Crippen molar-refractivity contribution in [2.24, 2.45) is 0 Å². The SMILES string of the molecule is CCOc1cc(/C=C2/SC(=S)N(c3ccc(C)cc3C)C2=O)ccc1OCCOc1ccc(C(C)(C)C)cc1. The summed E-state index contributed by atoms with van der Waals surface area (Å²) in [5.74, 6) is 1.93. The van der Waals surface area contributed by atoms with Gasteiger partial charge in [0.05, 0.1) is 17.2 Å². The van der Waals surface area contributed by atoms with E-state index in [9.17, 15) is 4.79 Å². The van der Waals surface area contributed by atoms with Crippen LogP contribution in [0.2, 0.25) is 0 Å². The topological polar surface area (TPSA) is 48.0 Å². The molecular formula is C32H35NO4S2. The lowest BCUT2D eigenvalue weighted by atomic mass is 9.87. The summed E-state index contributed by atoms with van der Waals surface area (Å²) in [7, 11) is 0. The normalized spacial score (nSPS) is 14.7. The third-order valence-corrected chi connectivity index (χ3v) is 7.58. The zero-order valence-corrected chi connectivity index (χ0v) is 25.0. The molecule has 0 spiro atoms. The number of thioether (sulfide) groups is 1. The van der Waals surface area contributed by atoms with Crippen molar-refractivity contribution in [1.29, 1.82) is 0 Å². The fraction of sp³-hybridized carbons (Fsp3) is 0.312. The summed E-state index contributed by atoms with van der Waals surface area (Å²) in [6.45, 7) is 13.8. The van der Waals surface area contributed by atoms with Crippen LogP contribution in [0.4, 0.5) is 5.69 Å². The van der Waals surface area contributed by atoms with Crippen molar-refractivity contribution in [2.75, 3.05) is 24.7 Å². The van der Waals surface area contributed by atoms with Crippen LogP contribution in [-0.2, 0) is 10.2 Å².